The van der Waals surface area contributed by atoms with E-state index in [9.17, 15) is 0 Å². The van der Waals surface area contributed by atoms with E-state index in [0.717, 1.165) is 23.3 Å². The molecule has 2 unspecified atom stereocenters. The molecule has 0 saturated heterocycles. The first-order valence-corrected chi connectivity index (χ1v) is 7.71. The highest BCUT2D eigenvalue weighted by atomic mass is 16.5. The summed E-state index contributed by atoms with van der Waals surface area (Å²) in [6, 6.07) is 10.6. The van der Waals surface area contributed by atoms with Crippen LogP contribution in [-0.4, -0.2) is 12.6 Å². The maximum Gasteiger partial charge on any atom is 0.174 e. The summed E-state index contributed by atoms with van der Waals surface area (Å²) in [5, 5.41) is 12.2. The lowest BCUT2D eigenvalue weighted by atomic mass is 9.82. The van der Waals surface area contributed by atoms with E-state index in [1.807, 2.05) is 24.3 Å². The molecule has 2 fully saturated rings. The molecule has 2 aliphatic carbocycles. The standard InChI is InChI=1S/C17H22N2O/c18-9-10-20-17-6-2-5-16(12-17)19-15-4-1-3-14(11-15)13-7-8-13/h2,5-6,12-15,19H,1,3-4,7-8,10-11H2. The maximum atomic E-state index is 8.55. The van der Waals surface area contributed by atoms with Gasteiger partial charge in [0.1, 0.15) is 11.8 Å². The van der Waals surface area contributed by atoms with Gasteiger partial charge >= 0.3 is 0 Å². The van der Waals surface area contributed by atoms with Crippen molar-refractivity contribution in [1.29, 1.82) is 5.26 Å². The molecule has 3 rings (SSSR count). The van der Waals surface area contributed by atoms with E-state index in [1.165, 1.54) is 38.5 Å². The SMILES string of the molecule is N#CCOc1cccc(NC2CCCC(C3CC3)C2)c1. The second kappa shape index (κ2) is 6.17. The number of nitrogens with one attached hydrogen (secondary N) is 1. The summed E-state index contributed by atoms with van der Waals surface area (Å²) in [6.45, 7) is 0.108. The lowest BCUT2D eigenvalue weighted by Gasteiger charge is -2.30. The fourth-order valence-corrected chi connectivity index (χ4v) is 3.38. The summed E-state index contributed by atoms with van der Waals surface area (Å²) in [4.78, 5) is 0. The Morgan fingerprint density at radius 2 is 2.10 bits per heavy atom. The highest BCUT2D eigenvalue weighted by Crippen LogP contribution is 2.44. The number of hydrogen-bond acceptors (Lipinski definition) is 3. The molecule has 106 valence electrons. The van der Waals surface area contributed by atoms with Gasteiger partial charge in [-0.15, -0.1) is 0 Å². The van der Waals surface area contributed by atoms with Gasteiger partial charge in [-0.3, -0.25) is 0 Å². The van der Waals surface area contributed by atoms with Gasteiger partial charge in [0.2, 0.25) is 0 Å². The number of nitrogens with zero attached hydrogens (tertiary/aromatic N) is 1. The van der Waals surface area contributed by atoms with E-state index in [4.69, 9.17) is 10.00 Å². The highest BCUT2D eigenvalue weighted by Gasteiger charge is 2.34. The molecule has 20 heavy (non-hydrogen) atoms. The number of ether oxygens (including phenoxy) is 1. The predicted molar refractivity (Wildman–Crippen MR) is 79.6 cm³/mol. The molecule has 1 aromatic rings. The van der Waals surface area contributed by atoms with Gasteiger partial charge in [-0.25, -0.2) is 0 Å². The molecule has 0 spiro atoms. The Hall–Kier alpha value is -1.69. The first-order chi connectivity index (χ1) is 9.85. The van der Waals surface area contributed by atoms with Crippen molar-refractivity contribution in [2.45, 2.75) is 44.6 Å². The van der Waals surface area contributed by atoms with Crippen molar-refractivity contribution in [2.75, 3.05) is 11.9 Å². The summed E-state index contributed by atoms with van der Waals surface area (Å²) in [5.74, 6) is 2.73. The average Bonchev–Trinajstić information content (AvgIpc) is 3.30. The van der Waals surface area contributed by atoms with Gasteiger partial charge in [-0.05, 0) is 49.7 Å². The smallest absolute Gasteiger partial charge is 0.174 e. The summed E-state index contributed by atoms with van der Waals surface area (Å²) in [6.07, 6.45) is 8.27. The molecule has 1 aromatic carbocycles. The second-order valence-electron chi connectivity index (χ2n) is 6.08. The van der Waals surface area contributed by atoms with E-state index < -0.39 is 0 Å². The van der Waals surface area contributed by atoms with Gasteiger partial charge in [0.15, 0.2) is 6.61 Å². The number of anilines is 1. The fraction of sp³-hybridized carbons (Fsp3) is 0.588. The van der Waals surface area contributed by atoms with E-state index in [-0.39, 0.29) is 6.61 Å². The van der Waals surface area contributed by atoms with Crippen LogP contribution in [0.25, 0.3) is 0 Å². The van der Waals surface area contributed by atoms with Crippen LogP contribution in [-0.2, 0) is 0 Å². The van der Waals surface area contributed by atoms with Gasteiger partial charge in [0.05, 0.1) is 0 Å². The van der Waals surface area contributed by atoms with Crippen molar-refractivity contribution in [3.8, 4) is 11.8 Å². The van der Waals surface area contributed by atoms with Crippen LogP contribution < -0.4 is 10.1 Å². The zero-order chi connectivity index (χ0) is 13.8. The van der Waals surface area contributed by atoms with Crippen LogP contribution in [0.3, 0.4) is 0 Å². The summed E-state index contributed by atoms with van der Waals surface area (Å²) < 4.78 is 5.35. The van der Waals surface area contributed by atoms with Crippen LogP contribution in [0.2, 0.25) is 0 Å². The van der Waals surface area contributed by atoms with Crippen molar-refractivity contribution < 1.29 is 4.74 Å². The zero-order valence-electron chi connectivity index (χ0n) is 11.8. The molecule has 0 bridgehead atoms. The van der Waals surface area contributed by atoms with Crippen LogP contribution >= 0.6 is 0 Å². The van der Waals surface area contributed by atoms with Crippen LogP contribution in [0.4, 0.5) is 5.69 Å². The Morgan fingerprint density at radius 3 is 2.90 bits per heavy atom. The molecule has 0 radical (unpaired) electrons. The summed E-state index contributed by atoms with van der Waals surface area (Å²) in [5.41, 5.74) is 1.11. The Bertz CT molecular complexity index is 490. The van der Waals surface area contributed by atoms with E-state index >= 15 is 0 Å². The van der Waals surface area contributed by atoms with Crippen molar-refractivity contribution in [1.82, 2.24) is 0 Å². The van der Waals surface area contributed by atoms with E-state index in [2.05, 4.69) is 11.4 Å². The normalized spacial score (nSPS) is 25.8. The average molecular weight is 270 g/mol. The summed E-state index contributed by atoms with van der Waals surface area (Å²) >= 11 is 0. The van der Waals surface area contributed by atoms with Crippen LogP contribution in [0.15, 0.2) is 24.3 Å². The van der Waals surface area contributed by atoms with Crippen LogP contribution in [0.1, 0.15) is 38.5 Å². The second-order valence-corrected chi connectivity index (χ2v) is 6.08. The Morgan fingerprint density at radius 1 is 1.20 bits per heavy atom. The molecule has 2 saturated carbocycles. The molecular formula is C17H22N2O. The minimum atomic E-state index is 0.108. The van der Waals surface area contributed by atoms with Gasteiger partial charge < -0.3 is 10.1 Å². The largest absolute Gasteiger partial charge is 0.479 e. The third kappa shape index (κ3) is 3.45. The number of rotatable bonds is 5. The zero-order valence-corrected chi connectivity index (χ0v) is 11.8. The number of hydrogen-bond donors (Lipinski definition) is 1. The minimum Gasteiger partial charge on any atom is -0.479 e. The van der Waals surface area contributed by atoms with Gasteiger partial charge in [-0.1, -0.05) is 18.9 Å². The van der Waals surface area contributed by atoms with Crippen molar-refractivity contribution in [3.05, 3.63) is 24.3 Å². The quantitative estimate of drug-likeness (QED) is 0.880. The maximum absolute atomic E-state index is 8.55. The minimum absolute atomic E-state index is 0.108. The van der Waals surface area contributed by atoms with Gasteiger partial charge in [0.25, 0.3) is 0 Å². The lowest BCUT2D eigenvalue weighted by molar-refractivity contribution is 0.303. The highest BCUT2D eigenvalue weighted by molar-refractivity contribution is 5.49. The van der Waals surface area contributed by atoms with Crippen molar-refractivity contribution in [3.63, 3.8) is 0 Å². The molecule has 3 nitrogen and oxygen atoms in total. The third-order valence-electron chi connectivity index (χ3n) is 4.51. The van der Waals surface area contributed by atoms with Crippen molar-refractivity contribution in [2.24, 2.45) is 11.8 Å². The molecular weight excluding hydrogens is 248 g/mol. The monoisotopic (exact) mass is 270 g/mol. The lowest BCUT2D eigenvalue weighted by Crippen LogP contribution is -2.28. The molecule has 0 aromatic heterocycles. The molecule has 0 aliphatic heterocycles. The molecule has 0 heterocycles. The third-order valence-corrected chi connectivity index (χ3v) is 4.51. The fourth-order valence-electron chi connectivity index (χ4n) is 3.38. The molecule has 3 heteroatoms. The Labute approximate surface area is 120 Å². The van der Waals surface area contributed by atoms with Crippen LogP contribution in [0, 0.1) is 23.2 Å². The Balaban J connectivity index is 1.57. The number of nitriles is 1. The van der Waals surface area contributed by atoms with Crippen molar-refractivity contribution >= 4 is 5.69 Å². The predicted octanol–water partition coefficient (Wildman–Crippen LogP) is 3.97. The van der Waals surface area contributed by atoms with Crippen LogP contribution in [0.5, 0.6) is 5.75 Å². The molecule has 2 aliphatic rings. The van der Waals surface area contributed by atoms with E-state index in [1.54, 1.807) is 0 Å². The van der Waals surface area contributed by atoms with Gasteiger partial charge in [0, 0.05) is 17.8 Å². The summed E-state index contributed by atoms with van der Waals surface area (Å²) in [7, 11) is 0. The Kier molecular flexibility index (Phi) is 4.11. The van der Waals surface area contributed by atoms with E-state index in [0.29, 0.717) is 6.04 Å². The molecule has 0 amide bonds. The number of benzene rings is 1. The van der Waals surface area contributed by atoms with Gasteiger partial charge in [-0.2, -0.15) is 5.26 Å². The molecule has 1 N–H and O–H groups in total. The topological polar surface area (TPSA) is 45.0 Å². The molecule has 2 atom stereocenters. The first kappa shape index (κ1) is 13.3. The first-order valence-electron chi connectivity index (χ1n) is 7.71.